The molecule has 0 saturated heterocycles. The highest BCUT2D eigenvalue weighted by molar-refractivity contribution is 7.11. The van der Waals surface area contributed by atoms with Crippen LogP contribution in [0.4, 0.5) is 0 Å². The van der Waals surface area contributed by atoms with Crippen LogP contribution in [0, 0.1) is 0 Å². The van der Waals surface area contributed by atoms with Gasteiger partial charge in [-0.3, -0.25) is 4.79 Å². The number of amides is 1. The molecule has 0 bridgehead atoms. The number of carboxylic acids is 1. The zero-order chi connectivity index (χ0) is 15.2. The summed E-state index contributed by atoms with van der Waals surface area (Å²) in [6, 6.07) is 1.86. The van der Waals surface area contributed by atoms with E-state index in [1.54, 1.807) is 18.1 Å². The Hall–Kier alpha value is -2.48. The number of hydrogen-bond acceptors (Lipinski definition) is 5. The quantitative estimate of drug-likeness (QED) is 0.807. The van der Waals surface area contributed by atoms with Crippen LogP contribution in [-0.4, -0.2) is 43.9 Å². The molecule has 0 saturated carbocycles. The van der Waals surface area contributed by atoms with Crippen molar-refractivity contribution in [2.24, 2.45) is 0 Å². The summed E-state index contributed by atoms with van der Waals surface area (Å²) >= 11 is 1.43. The van der Waals surface area contributed by atoms with Gasteiger partial charge in [0.25, 0.3) is 0 Å². The molecule has 0 radical (unpaired) electrons. The minimum atomic E-state index is -0.981. The van der Waals surface area contributed by atoms with Gasteiger partial charge in [0.2, 0.25) is 5.91 Å². The highest BCUT2D eigenvalue weighted by Crippen LogP contribution is 2.17. The van der Waals surface area contributed by atoms with Crippen LogP contribution < -0.4 is 0 Å². The molecule has 21 heavy (non-hydrogen) atoms. The Morgan fingerprint density at radius 1 is 1.52 bits per heavy atom. The van der Waals surface area contributed by atoms with Gasteiger partial charge in [-0.1, -0.05) is 5.21 Å². The summed E-state index contributed by atoms with van der Waals surface area (Å²) in [5.74, 6) is -1.06. The number of carbonyl (C=O) groups is 2. The number of carbonyl (C=O) groups excluding carboxylic acids is 1. The summed E-state index contributed by atoms with van der Waals surface area (Å²) in [6.07, 6.45) is 5.78. The van der Waals surface area contributed by atoms with Gasteiger partial charge in [-0.05, 0) is 23.1 Å². The molecule has 110 valence electrons. The molecule has 0 aromatic carbocycles. The molecule has 8 heteroatoms. The molecule has 2 aromatic heterocycles. The van der Waals surface area contributed by atoms with Gasteiger partial charge < -0.3 is 10.0 Å². The Bertz CT molecular complexity index is 648. The van der Waals surface area contributed by atoms with E-state index in [0.29, 0.717) is 6.54 Å². The number of carboxylic acid groups (broad SMARTS) is 1. The summed E-state index contributed by atoms with van der Waals surface area (Å²) in [4.78, 5) is 24.9. The highest BCUT2D eigenvalue weighted by Gasteiger charge is 2.11. The lowest BCUT2D eigenvalue weighted by Crippen LogP contribution is -2.29. The fraction of sp³-hybridized carbons (Fsp3) is 0.231. The molecule has 1 amide bonds. The van der Waals surface area contributed by atoms with Crippen molar-refractivity contribution in [2.75, 3.05) is 7.05 Å². The van der Waals surface area contributed by atoms with E-state index in [1.165, 1.54) is 28.3 Å². The van der Waals surface area contributed by atoms with Crippen molar-refractivity contribution in [3.8, 4) is 0 Å². The second-order valence-electron chi connectivity index (χ2n) is 4.38. The Kier molecular flexibility index (Phi) is 4.83. The molecule has 2 rings (SSSR count). The number of likely N-dealkylation sites (N-methyl/N-ethyl adjacent to an activating group) is 1. The number of aromatic nitrogens is 3. The van der Waals surface area contributed by atoms with Crippen LogP contribution in [0.15, 0.2) is 29.9 Å². The molecule has 2 aromatic rings. The Balaban J connectivity index is 1.91. The van der Waals surface area contributed by atoms with Gasteiger partial charge in [-0.2, -0.15) is 0 Å². The summed E-state index contributed by atoms with van der Waals surface area (Å²) < 4.78 is 1.47. The molecule has 0 aliphatic heterocycles. The predicted octanol–water partition coefficient (Wildman–Crippen LogP) is 1.10. The third-order valence-corrected chi connectivity index (χ3v) is 3.63. The zero-order valence-electron chi connectivity index (χ0n) is 11.3. The second kappa shape index (κ2) is 6.80. The van der Waals surface area contributed by atoms with E-state index >= 15 is 0 Å². The monoisotopic (exact) mass is 306 g/mol. The SMILES string of the molecule is CN(Cc1csc(/C=C/C(=O)O)c1)C(=O)Cn1ccnn1. The molecule has 1 N–H and O–H groups in total. The minimum Gasteiger partial charge on any atom is -0.478 e. The van der Waals surface area contributed by atoms with Gasteiger partial charge >= 0.3 is 5.97 Å². The summed E-state index contributed by atoms with van der Waals surface area (Å²) in [7, 11) is 1.71. The number of rotatable bonds is 6. The van der Waals surface area contributed by atoms with E-state index in [9.17, 15) is 9.59 Å². The summed E-state index contributed by atoms with van der Waals surface area (Å²) in [6.45, 7) is 0.608. The fourth-order valence-electron chi connectivity index (χ4n) is 1.66. The first-order chi connectivity index (χ1) is 10.0. The van der Waals surface area contributed by atoms with Crippen LogP contribution in [-0.2, 0) is 22.7 Å². The Morgan fingerprint density at radius 2 is 2.33 bits per heavy atom. The number of thiophene rings is 1. The third kappa shape index (κ3) is 4.53. The summed E-state index contributed by atoms with van der Waals surface area (Å²) in [5.41, 5.74) is 0.958. The van der Waals surface area contributed by atoms with Crippen molar-refractivity contribution in [1.29, 1.82) is 0 Å². The lowest BCUT2D eigenvalue weighted by Gasteiger charge is -2.16. The maximum absolute atomic E-state index is 12.0. The maximum Gasteiger partial charge on any atom is 0.328 e. The van der Waals surface area contributed by atoms with Crippen molar-refractivity contribution in [3.63, 3.8) is 0 Å². The predicted molar refractivity (Wildman–Crippen MR) is 77.5 cm³/mol. The number of nitrogens with zero attached hydrogens (tertiary/aromatic N) is 4. The number of hydrogen-bond donors (Lipinski definition) is 1. The topological polar surface area (TPSA) is 88.3 Å². The first kappa shape index (κ1) is 14.9. The van der Waals surface area contributed by atoms with E-state index in [-0.39, 0.29) is 12.5 Å². The van der Waals surface area contributed by atoms with Crippen LogP contribution in [0.5, 0.6) is 0 Å². The van der Waals surface area contributed by atoms with Crippen LogP contribution in [0.2, 0.25) is 0 Å². The molecule has 0 aliphatic rings. The van der Waals surface area contributed by atoms with Crippen LogP contribution in [0.25, 0.3) is 6.08 Å². The number of aliphatic carboxylic acids is 1. The van der Waals surface area contributed by atoms with Gasteiger partial charge in [-0.15, -0.1) is 16.4 Å². The third-order valence-electron chi connectivity index (χ3n) is 2.68. The van der Waals surface area contributed by atoms with E-state index < -0.39 is 5.97 Å². The molecular weight excluding hydrogens is 292 g/mol. The van der Waals surface area contributed by atoms with Gasteiger partial charge in [-0.25, -0.2) is 9.48 Å². The van der Waals surface area contributed by atoms with Crippen LogP contribution in [0.1, 0.15) is 10.4 Å². The van der Waals surface area contributed by atoms with E-state index in [2.05, 4.69) is 10.3 Å². The van der Waals surface area contributed by atoms with Crippen LogP contribution in [0.3, 0.4) is 0 Å². The van der Waals surface area contributed by atoms with E-state index in [1.807, 2.05) is 11.4 Å². The smallest absolute Gasteiger partial charge is 0.328 e. The van der Waals surface area contributed by atoms with Gasteiger partial charge in [0.15, 0.2) is 0 Å². The zero-order valence-corrected chi connectivity index (χ0v) is 12.2. The Morgan fingerprint density at radius 3 is 3.00 bits per heavy atom. The highest BCUT2D eigenvalue weighted by atomic mass is 32.1. The van der Waals surface area contributed by atoms with Gasteiger partial charge in [0, 0.05) is 30.7 Å². The second-order valence-corrected chi connectivity index (χ2v) is 5.32. The lowest BCUT2D eigenvalue weighted by atomic mass is 10.3. The first-order valence-corrected chi connectivity index (χ1v) is 6.99. The molecule has 0 aliphatic carbocycles. The molecule has 2 heterocycles. The fourth-order valence-corrected chi connectivity index (χ4v) is 2.45. The first-order valence-electron chi connectivity index (χ1n) is 6.11. The molecular formula is C13H14N4O3S. The Labute approximate surface area is 125 Å². The summed E-state index contributed by atoms with van der Waals surface area (Å²) in [5, 5.41) is 17.9. The van der Waals surface area contributed by atoms with E-state index in [4.69, 9.17) is 5.11 Å². The lowest BCUT2D eigenvalue weighted by molar-refractivity contribution is -0.132. The average molecular weight is 306 g/mol. The van der Waals surface area contributed by atoms with Crippen molar-refractivity contribution in [2.45, 2.75) is 13.1 Å². The van der Waals surface area contributed by atoms with Crippen molar-refractivity contribution in [1.82, 2.24) is 19.9 Å². The van der Waals surface area contributed by atoms with E-state index in [0.717, 1.165) is 16.5 Å². The minimum absolute atomic E-state index is 0.0747. The van der Waals surface area contributed by atoms with Crippen molar-refractivity contribution >= 4 is 29.3 Å². The molecule has 0 atom stereocenters. The van der Waals surface area contributed by atoms with Gasteiger partial charge in [0.1, 0.15) is 6.54 Å². The largest absolute Gasteiger partial charge is 0.478 e. The normalized spacial score (nSPS) is 10.9. The average Bonchev–Trinajstić information content (AvgIpc) is 3.08. The molecule has 0 spiro atoms. The standard InChI is InChI=1S/C13H14N4O3S/c1-16(12(18)8-17-5-4-14-15-17)7-10-6-11(21-9-10)2-3-13(19)20/h2-6,9H,7-8H2,1H3,(H,19,20)/b3-2+. The van der Waals surface area contributed by atoms with Crippen molar-refractivity contribution in [3.05, 3.63) is 40.4 Å². The van der Waals surface area contributed by atoms with Crippen LogP contribution >= 0.6 is 11.3 Å². The van der Waals surface area contributed by atoms with Gasteiger partial charge in [0.05, 0.1) is 6.20 Å². The van der Waals surface area contributed by atoms with Crippen molar-refractivity contribution < 1.29 is 14.7 Å². The molecule has 7 nitrogen and oxygen atoms in total. The molecule has 0 fully saturated rings. The molecule has 0 unspecified atom stereocenters. The maximum atomic E-state index is 12.0.